The fourth-order valence-electron chi connectivity index (χ4n) is 2.25. The van der Waals surface area contributed by atoms with Crippen LogP contribution >= 0.6 is 0 Å². The lowest BCUT2D eigenvalue weighted by Crippen LogP contribution is -1.81. The first-order chi connectivity index (χ1) is 11.3. The van der Waals surface area contributed by atoms with E-state index in [1.807, 2.05) is 26.0 Å². The maximum Gasteiger partial charge on any atom is 0.133 e. The number of aryl methyl sites for hydroxylation is 3. The summed E-state index contributed by atoms with van der Waals surface area (Å²) in [6.45, 7) is 10.5. The molecule has 0 aliphatic heterocycles. The number of benzene rings is 2. The van der Waals surface area contributed by atoms with E-state index in [2.05, 4.69) is 57.2 Å². The van der Waals surface area contributed by atoms with E-state index in [1.54, 1.807) is 6.26 Å². The Balaban J connectivity index is 0.000000209. The highest BCUT2D eigenvalue weighted by atomic mass is 16.3. The summed E-state index contributed by atoms with van der Waals surface area (Å²) in [5.41, 5.74) is 5.19. The zero-order valence-electron chi connectivity index (χ0n) is 15.2. The Hall–Kier alpha value is -2.02. The number of furan rings is 1. The molecule has 0 N–H and O–H groups in total. The van der Waals surface area contributed by atoms with E-state index in [9.17, 15) is 0 Å². The minimum Gasteiger partial charge on any atom is -0.464 e. The smallest absolute Gasteiger partial charge is 0.133 e. The first kappa shape index (κ1) is 19.0. The van der Waals surface area contributed by atoms with Gasteiger partial charge in [0, 0.05) is 5.39 Å². The molecule has 124 valence electrons. The molecule has 1 nitrogen and oxygen atoms in total. The van der Waals surface area contributed by atoms with Gasteiger partial charge in [0.2, 0.25) is 0 Å². The fourth-order valence-corrected chi connectivity index (χ4v) is 2.25. The Morgan fingerprint density at radius 3 is 1.61 bits per heavy atom. The summed E-state index contributed by atoms with van der Waals surface area (Å²) >= 11 is 0. The van der Waals surface area contributed by atoms with Crippen LogP contribution in [0.25, 0.3) is 11.0 Å². The molecule has 2 aromatic carbocycles. The van der Waals surface area contributed by atoms with E-state index in [-0.39, 0.29) is 0 Å². The molecule has 0 bridgehead atoms. The third-order valence-corrected chi connectivity index (χ3v) is 3.76. The van der Waals surface area contributed by atoms with E-state index in [4.69, 9.17) is 4.42 Å². The molecule has 0 atom stereocenters. The van der Waals surface area contributed by atoms with E-state index in [0.29, 0.717) is 0 Å². The van der Waals surface area contributed by atoms with Crippen LogP contribution in [0.1, 0.15) is 51.3 Å². The first-order valence-corrected chi connectivity index (χ1v) is 8.80. The molecular formula is C22H30O. The maximum absolute atomic E-state index is 5.22. The standard InChI is InChI=1S/C10H10O.C10H14.C2H6/c1-2-8-3-4-10-9(7-8)5-6-11-10;1-3-9-5-7-10(4-2)8-6-9;1-2/h3-7H,2H2,1H3;5-8H,3-4H2,1-2H3;1-2H3. The summed E-state index contributed by atoms with van der Waals surface area (Å²) in [6, 6.07) is 17.1. The monoisotopic (exact) mass is 310 g/mol. The molecule has 1 heterocycles. The summed E-state index contributed by atoms with van der Waals surface area (Å²) in [4.78, 5) is 0. The fraction of sp³-hybridized carbons (Fsp3) is 0.364. The second-order valence-electron chi connectivity index (χ2n) is 5.17. The van der Waals surface area contributed by atoms with Crippen molar-refractivity contribution in [3.05, 3.63) is 71.5 Å². The van der Waals surface area contributed by atoms with Gasteiger partial charge in [-0.3, -0.25) is 0 Å². The topological polar surface area (TPSA) is 13.1 Å². The van der Waals surface area contributed by atoms with Gasteiger partial charge in [0.15, 0.2) is 0 Å². The van der Waals surface area contributed by atoms with Gasteiger partial charge in [-0.25, -0.2) is 0 Å². The molecule has 0 saturated heterocycles. The first-order valence-electron chi connectivity index (χ1n) is 8.80. The number of rotatable bonds is 3. The molecule has 0 spiro atoms. The maximum atomic E-state index is 5.22. The summed E-state index contributed by atoms with van der Waals surface area (Å²) in [5, 5.41) is 1.20. The van der Waals surface area contributed by atoms with Gasteiger partial charge in [0.05, 0.1) is 6.26 Å². The molecule has 3 rings (SSSR count). The normalized spacial score (nSPS) is 9.61. The predicted molar refractivity (Wildman–Crippen MR) is 102 cm³/mol. The second kappa shape index (κ2) is 10.7. The average Bonchev–Trinajstić information content (AvgIpc) is 3.11. The van der Waals surface area contributed by atoms with Crippen LogP contribution < -0.4 is 0 Å². The molecule has 0 unspecified atom stereocenters. The molecular weight excluding hydrogens is 280 g/mol. The van der Waals surface area contributed by atoms with Crippen molar-refractivity contribution in [2.45, 2.75) is 53.9 Å². The molecule has 23 heavy (non-hydrogen) atoms. The minimum atomic E-state index is 0.974. The zero-order chi connectivity index (χ0) is 17.1. The van der Waals surface area contributed by atoms with Crippen molar-refractivity contribution in [2.75, 3.05) is 0 Å². The molecule has 0 aliphatic carbocycles. The summed E-state index contributed by atoms with van der Waals surface area (Å²) in [5.74, 6) is 0. The Morgan fingerprint density at radius 1 is 0.652 bits per heavy atom. The highest BCUT2D eigenvalue weighted by Gasteiger charge is 1.95. The third-order valence-electron chi connectivity index (χ3n) is 3.76. The predicted octanol–water partition coefficient (Wildman–Crippen LogP) is 6.83. The average molecular weight is 310 g/mol. The summed E-state index contributed by atoms with van der Waals surface area (Å²) < 4.78 is 5.22. The van der Waals surface area contributed by atoms with Gasteiger partial charge in [-0.2, -0.15) is 0 Å². The van der Waals surface area contributed by atoms with Gasteiger partial charge in [-0.1, -0.05) is 65.0 Å². The SMILES string of the molecule is CC.CCc1ccc(CC)cc1.CCc1ccc2occc2c1. The minimum absolute atomic E-state index is 0.974. The Morgan fingerprint density at radius 2 is 1.13 bits per heavy atom. The Kier molecular flexibility index (Phi) is 8.82. The van der Waals surface area contributed by atoms with Crippen LogP contribution in [-0.4, -0.2) is 0 Å². The van der Waals surface area contributed by atoms with Crippen molar-refractivity contribution in [2.24, 2.45) is 0 Å². The molecule has 0 aliphatic rings. The molecule has 1 heteroatoms. The summed E-state index contributed by atoms with van der Waals surface area (Å²) in [6.07, 6.45) is 5.10. The van der Waals surface area contributed by atoms with Crippen LogP contribution in [0.2, 0.25) is 0 Å². The lowest BCUT2D eigenvalue weighted by atomic mass is 10.1. The van der Waals surface area contributed by atoms with E-state index >= 15 is 0 Å². The van der Waals surface area contributed by atoms with E-state index in [0.717, 1.165) is 24.8 Å². The van der Waals surface area contributed by atoms with Gasteiger partial charge < -0.3 is 4.42 Å². The van der Waals surface area contributed by atoms with E-state index in [1.165, 1.54) is 22.1 Å². The molecule has 0 radical (unpaired) electrons. The quantitative estimate of drug-likeness (QED) is 0.516. The van der Waals surface area contributed by atoms with Crippen LogP contribution in [0.3, 0.4) is 0 Å². The van der Waals surface area contributed by atoms with Crippen LogP contribution in [0.4, 0.5) is 0 Å². The largest absolute Gasteiger partial charge is 0.464 e. The number of fused-ring (bicyclic) bond motifs is 1. The van der Waals surface area contributed by atoms with Gasteiger partial charge >= 0.3 is 0 Å². The highest BCUT2D eigenvalue weighted by molar-refractivity contribution is 5.77. The molecule has 0 saturated carbocycles. The van der Waals surface area contributed by atoms with Crippen molar-refractivity contribution in [1.29, 1.82) is 0 Å². The Labute approximate surface area is 141 Å². The highest BCUT2D eigenvalue weighted by Crippen LogP contribution is 2.16. The zero-order valence-corrected chi connectivity index (χ0v) is 15.2. The van der Waals surface area contributed by atoms with Gasteiger partial charge in [-0.05, 0) is 54.2 Å². The number of hydrogen-bond acceptors (Lipinski definition) is 1. The number of hydrogen-bond donors (Lipinski definition) is 0. The lowest BCUT2D eigenvalue weighted by molar-refractivity contribution is 0.616. The van der Waals surface area contributed by atoms with Crippen molar-refractivity contribution in [1.82, 2.24) is 0 Å². The molecule has 3 aromatic rings. The lowest BCUT2D eigenvalue weighted by Gasteiger charge is -1.97. The van der Waals surface area contributed by atoms with Crippen molar-refractivity contribution >= 4 is 11.0 Å². The van der Waals surface area contributed by atoms with Gasteiger partial charge in [-0.15, -0.1) is 0 Å². The van der Waals surface area contributed by atoms with Crippen LogP contribution in [0.15, 0.2) is 59.2 Å². The van der Waals surface area contributed by atoms with E-state index < -0.39 is 0 Å². The molecule has 0 fully saturated rings. The third kappa shape index (κ3) is 5.94. The van der Waals surface area contributed by atoms with Gasteiger partial charge in [0.1, 0.15) is 5.58 Å². The van der Waals surface area contributed by atoms with Crippen molar-refractivity contribution < 1.29 is 4.42 Å². The van der Waals surface area contributed by atoms with Crippen LogP contribution in [-0.2, 0) is 19.3 Å². The van der Waals surface area contributed by atoms with Gasteiger partial charge in [0.25, 0.3) is 0 Å². The molecule has 1 aromatic heterocycles. The van der Waals surface area contributed by atoms with Crippen molar-refractivity contribution in [3.8, 4) is 0 Å². The Bertz CT molecular complexity index is 639. The van der Waals surface area contributed by atoms with Crippen molar-refractivity contribution in [3.63, 3.8) is 0 Å². The van der Waals surface area contributed by atoms with Crippen LogP contribution in [0.5, 0.6) is 0 Å². The molecule has 0 amide bonds. The second-order valence-corrected chi connectivity index (χ2v) is 5.17. The van der Waals surface area contributed by atoms with Crippen LogP contribution in [0, 0.1) is 0 Å². The summed E-state index contributed by atoms with van der Waals surface area (Å²) in [7, 11) is 0.